The first-order valence-corrected chi connectivity index (χ1v) is 8.68. The van der Waals surface area contributed by atoms with Gasteiger partial charge in [0.15, 0.2) is 0 Å². The highest BCUT2D eigenvalue weighted by molar-refractivity contribution is 5.55. The average molecular weight is 349 g/mol. The van der Waals surface area contributed by atoms with Crippen molar-refractivity contribution >= 4 is 17.8 Å². The van der Waals surface area contributed by atoms with Crippen LogP contribution in [0.1, 0.15) is 30.9 Å². The van der Waals surface area contributed by atoms with Gasteiger partial charge in [0.25, 0.3) is 5.69 Å². The molecule has 0 amide bonds. The zero-order valence-electron chi connectivity index (χ0n) is 14.9. The van der Waals surface area contributed by atoms with Crippen LogP contribution in [-0.2, 0) is 0 Å². The number of nitro groups is 1. The molecule has 2 aromatic rings. The summed E-state index contributed by atoms with van der Waals surface area (Å²) in [6, 6.07) is 14.5. The van der Waals surface area contributed by atoms with Gasteiger partial charge in [-0.05, 0) is 41.8 Å². The Morgan fingerprint density at radius 3 is 1.92 bits per heavy atom. The van der Waals surface area contributed by atoms with Crippen LogP contribution in [-0.4, -0.2) is 11.5 Å². The van der Waals surface area contributed by atoms with Crippen LogP contribution in [0.15, 0.2) is 72.8 Å². The Kier molecular flexibility index (Phi) is 7.87. The Labute approximate surface area is 154 Å². The second-order valence-electron chi connectivity index (χ2n) is 5.72. The van der Waals surface area contributed by atoms with E-state index in [0.717, 1.165) is 36.3 Å². The van der Waals surface area contributed by atoms with Crippen molar-refractivity contribution in [1.29, 1.82) is 0 Å². The lowest BCUT2D eigenvalue weighted by Gasteiger charge is -2.04. The average Bonchev–Trinajstić information content (AvgIpc) is 2.66. The lowest BCUT2D eigenvalue weighted by Crippen LogP contribution is -1.95. The van der Waals surface area contributed by atoms with E-state index in [1.54, 1.807) is 12.1 Å². The van der Waals surface area contributed by atoms with Crippen molar-refractivity contribution in [3.63, 3.8) is 0 Å². The van der Waals surface area contributed by atoms with E-state index in [9.17, 15) is 10.1 Å². The van der Waals surface area contributed by atoms with Gasteiger partial charge in [-0.25, -0.2) is 0 Å². The van der Waals surface area contributed by atoms with E-state index in [0.29, 0.717) is 0 Å². The van der Waals surface area contributed by atoms with Gasteiger partial charge in [-0.1, -0.05) is 61.9 Å². The largest absolute Gasteiger partial charge is 0.494 e. The summed E-state index contributed by atoms with van der Waals surface area (Å²) in [5, 5.41) is 10.6. The quantitative estimate of drug-likeness (QED) is 0.239. The minimum absolute atomic E-state index is 0.0995. The Bertz CT molecular complexity index is 772. The van der Waals surface area contributed by atoms with Crippen molar-refractivity contribution < 1.29 is 9.66 Å². The number of non-ortho nitro benzene ring substituents is 1. The number of allylic oxidation sites excluding steroid dienone is 4. The van der Waals surface area contributed by atoms with Gasteiger partial charge in [0.05, 0.1) is 11.5 Å². The predicted molar refractivity (Wildman–Crippen MR) is 107 cm³/mol. The number of hydrogen-bond acceptors (Lipinski definition) is 3. The maximum atomic E-state index is 10.6. The monoisotopic (exact) mass is 349 g/mol. The van der Waals surface area contributed by atoms with Gasteiger partial charge < -0.3 is 4.74 Å². The van der Waals surface area contributed by atoms with Gasteiger partial charge >= 0.3 is 0 Å². The van der Waals surface area contributed by atoms with E-state index in [1.807, 2.05) is 60.7 Å². The number of hydrogen-bond donors (Lipinski definition) is 0. The summed E-state index contributed by atoms with van der Waals surface area (Å²) < 4.78 is 5.64. The molecule has 26 heavy (non-hydrogen) atoms. The van der Waals surface area contributed by atoms with Crippen LogP contribution in [0.2, 0.25) is 0 Å². The van der Waals surface area contributed by atoms with Gasteiger partial charge in [0.1, 0.15) is 5.75 Å². The lowest BCUT2D eigenvalue weighted by molar-refractivity contribution is -0.384. The number of benzene rings is 2. The number of rotatable bonds is 9. The van der Waals surface area contributed by atoms with Crippen molar-refractivity contribution in [3.05, 3.63) is 94.1 Å². The van der Waals surface area contributed by atoms with Crippen molar-refractivity contribution in [3.8, 4) is 5.75 Å². The summed E-state index contributed by atoms with van der Waals surface area (Å²) >= 11 is 0. The van der Waals surface area contributed by atoms with Gasteiger partial charge in [0, 0.05) is 12.1 Å². The number of ether oxygens (including phenoxy) is 1. The molecule has 0 aliphatic heterocycles. The summed E-state index contributed by atoms with van der Waals surface area (Å²) in [4.78, 5) is 10.2. The standard InChI is InChI=1S/C22H23NO3/c1-2-3-18-26-22-16-12-20(13-17-22)9-7-5-4-6-8-19-10-14-21(15-11-19)23(24)25/h4-17H,2-3,18H2,1H3/b5-4-,8-6+,9-7+. The summed E-state index contributed by atoms with van der Waals surface area (Å²) in [6.45, 7) is 2.90. The Morgan fingerprint density at radius 2 is 1.42 bits per heavy atom. The van der Waals surface area contributed by atoms with E-state index in [4.69, 9.17) is 4.74 Å². The molecule has 2 rings (SSSR count). The molecule has 0 N–H and O–H groups in total. The fourth-order valence-corrected chi connectivity index (χ4v) is 2.18. The van der Waals surface area contributed by atoms with Gasteiger partial charge in [-0.15, -0.1) is 0 Å². The molecule has 0 saturated heterocycles. The van der Waals surface area contributed by atoms with Crippen LogP contribution < -0.4 is 4.74 Å². The van der Waals surface area contributed by atoms with Crippen molar-refractivity contribution in [2.75, 3.05) is 6.61 Å². The second-order valence-corrected chi connectivity index (χ2v) is 5.72. The molecule has 0 atom stereocenters. The summed E-state index contributed by atoms with van der Waals surface area (Å²) in [6.07, 6.45) is 13.8. The van der Waals surface area contributed by atoms with Crippen molar-refractivity contribution in [2.45, 2.75) is 19.8 Å². The maximum absolute atomic E-state index is 10.6. The third-order valence-corrected chi connectivity index (χ3v) is 3.66. The zero-order valence-corrected chi connectivity index (χ0v) is 14.9. The van der Waals surface area contributed by atoms with E-state index < -0.39 is 4.92 Å². The molecule has 0 spiro atoms. The number of nitro benzene ring substituents is 1. The smallest absolute Gasteiger partial charge is 0.269 e. The molecule has 0 aliphatic rings. The molecule has 4 nitrogen and oxygen atoms in total. The maximum Gasteiger partial charge on any atom is 0.269 e. The highest BCUT2D eigenvalue weighted by Gasteiger charge is 2.01. The third kappa shape index (κ3) is 6.77. The van der Waals surface area contributed by atoms with Crippen LogP contribution in [0.4, 0.5) is 5.69 Å². The molecule has 0 bridgehead atoms. The number of nitrogens with zero attached hydrogens (tertiary/aromatic N) is 1. The highest BCUT2D eigenvalue weighted by Crippen LogP contribution is 2.14. The zero-order chi connectivity index (χ0) is 18.6. The van der Waals surface area contributed by atoms with Crippen LogP contribution in [0, 0.1) is 10.1 Å². The molecule has 0 unspecified atom stereocenters. The third-order valence-electron chi connectivity index (χ3n) is 3.66. The first-order valence-electron chi connectivity index (χ1n) is 8.68. The molecule has 0 radical (unpaired) electrons. The molecule has 0 saturated carbocycles. The Balaban J connectivity index is 1.80. The predicted octanol–water partition coefficient (Wildman–Crippen LogP) is 6.06. The van der Waals surface area contributed by atoms with Gasteiger partial charge in [0.2, 0.25) is 0 Å². The molecule has 134 valence electrons. The SMILES string of the molecule is CCCCOc1ccc(/C=C/C=C\C=C\c2ccc([N+](=O)[O-])cc2)cc1. The fourth-order valence-electron chi connectivity index (χ4n) is 2.18. The van der Waals surface area contributed by atoms with Crippen LogP contribution >= 0.6 is 0 Å². The first-order chi connectivity index (χ1) is 12.7. The molecule has 0 fully saturated rings. The highest BCUT2D eigenvalue weighted by atomic mass is 16.6. The second kappa shape index (κ2) is 10.7. The minimum Gasteiger partial charge on any atom is -0.494 e. The molecule has 0 aromatic heterocycles. The minimum atomic E-state index is -0.401. The molecular weight excluding hydrogens is 326 g/mol. The summed E-state index contributed by atoms with van der Waals surface area (Å²) in [5.74, 6) is 0.900. The fraction of sp³-hybridized carbons (Fsp3) is 0.182. The van der Waals surface area contributed by atoms with Crippen LogP contribution in [0.5, 0.6) is 5.75 Å². The van der Waals surface area contributed by atoms with E-state index in [-0.39, 0.29) is 5.69 Å². The van der Waals surface area contributed by atoms with E-state index in [2.05, 4.69) is 6.92 Å². The molecule has 0 aliphatic carbocycles. The lowest BCUT2D eigenvalue weighted by atomic mass is 10.2. The van der Waals surface area contributed by atoms with Crippen molar-refractivity contribution in [2.24, 2.45) is 0 Å². The van der Waals surface area contributed by atoms with Crippen LogP contribution in [0.3, 0.4) is 0 Å². The van der Waals surface area contributed by atoms with Gasteiger partial charge in [-0.3, -0.25) is 10.1 Å². The molecule has 0 heterocycles. The molecule has 4 heteroatoms. The van der Waals surface area contributed by atoms with Crippen LogP contribution in [0.25, 0.3) is 12.2 Å². The summed E-state index contributed by atoms with van der Waals surface area (Å²) in [5.41, 5.74) is 2.13. The Hall–Kier alpha value is -3.14. The number of unbranched alkanes of at least 4 members (excludes halogenated alkanes) is 1. The van der Waals surface area contributed by atoms with E-state index in [1.165, 1.54) is 12.1 Å². The first kappa shape index (κ1) is 19.2. The normalized spacial score (nSPS) is 11.6. The molecule has 2 aromatic carbocycles. The van der Waals surface area contributed by atoms with Gasteiger partial charge in [-0.2, -0.15) is 0 Å². The summed E-state index contributed by atoms with van der Waals surface area (Å²) in [7, 11) is 0. The van der Waals surface area contributed by atoms with E-state index >= 15 is 0 Å². The topological polar surface area (TPSA) is 52.4 Å². The Morgan fingerprint density at radius 1 is 0.885 bits per heavy atom. The molecular formula is C22H23NO3. The van der Waals surface area contributed by atoms with Crippen molar-refractivity contribution in [1.82, 2.24) is 0 Å².